The summed E-state index contributed by atoms with van der Waals surface area (Å²) < 4.78 is 11.9. The molecule has 3 rings (SSSR count). The van der Waals surface area contributed by atoms with E-state index in [0.29, 0.717) is 38.7 Å². The summed E-state index contributed by atoms with van der Waals surface area (Å²) in [6.45, 7) is 2.22. The van der Waals surface area contributed by atoms with Crippen molar-refractivity contribution in [2.75, 3.05) is 26.3 Å². The van der Waals surface area contributed by atoms with Crippen molar-refractivity contribution < 1.29 is 24.2 Å². The molecule has 1 heterocycles. The number of morpholine rings is 1. The van der Waals surface area contributed by atoms with Crippen molar-refractivity contribution in [3.63, 3.8) is 0 Å². The van der Waals surface area contributed by atoms with E-state index in [0.717, 1.165) is 14.7 Å². The maximum atomic E-state index is 12.5. The van der Waals surface area contributed by atoms with Gasteiger partial charge in [0.15, 0.2) is 0 Å². The molecule has 2 aromatic carbocycles. The third-order valence-electron chi connectivity index (χ3n) is 4.51. The van der Waals surface area contributed by atoms with Gasteiger partial charge in [-0.05, 0) is 64.1 Å². The molecule has 1 saturated heterocycles. The van der Waals surface area contributed by atoms with Crippen LogP contribution in [0.1, 0.15) is 21.5 Å². The number of carboxylic acids is 1. The predicted octanol–water partition coefficient (Wildman–Crippen LogP) is 3.33. The van der Waals surface area contributed by atoms with Crippen LogP contribution in [0.2, 0.25) is 0 Å². The summed E-state index contributed by atoms with van der Waals surface area (Å²) in [6.07, 6.45) is 1.58. The summed E-state index contributed by atoms with van der Waals surface area (Å²) in [5, 5.41) is 18.4. The summed E-state index contributed by atoms with van der Waals surface area (Å²) in [4.78, 5) is 25.1. The van der Waals surface area contributed by atoms with Gasteiger partial charge in [-0.15, -0.1) is 0 Å². The van der Waals surface area contributed by atoms with Gasteiger partial charge in [0.1, 0.15) is 24.0 Å². The number of amides is 1. The van der Waals surface area contributed by atoms with Crippen LogP contribution in [-0.4, -0.2) is 48.2 Å². The smallest absolute Gasteiger partial charge is 0.335 e. The standard InChI is InChI=1S/C22H19IN2O5/c23-19-12-16(11-18(13-24)21(26)25-7-9-29-10-8-25)3-6-20(19)30-14-15-1-4-17(5-2-15)22(27)28/h1-6,11-12H,7-10,14H2,(H,27,28)/b18-11-. The topological polar surface area (TPSA) is 99.9 Å². The first-order valence-corrected chi connectivity index (χ1v) is 10.3. The molecule has 0 saturated carbocycles. The first-order chi connectivity index (χ1) is 14.5. The van der Waals surface area contributed by atoms with Crippen LogP contribution in [0, 0.1) is 14.9 Å². The summed E-state index contributed by atoms with van der Waals surface area (Å²) in [6, 6.07) is 13.9. The molecule has 0 aliphatic carbocycles. The van der Waals surface area contributed by atoms with Gasteiger partial charge < -0.3 is 19.5 Å². The van der Waals surface area contributed by atoms with Crippen LogP contribution in [0.3, 0.4) is 0 Å². The van der Waals surface area contributed by atoms with E-state index >= 15 is 0 Å². The first-order valence-electron chi connectivity index (χ1n) is 9.21. The minimum absolute atomic E-state index is 0.0832. The highest BCUT2D eigenvalue weighted by atomic mass is 127. The zero-order valence-corrected chi connectivity index (χ0v) is 18.2. The molecule has 1 fully saturated rings. The Hall–Kier alpha value is -2.90. The van der Waals surface area contributed by atoms with E-state index < -0.39 is 5.97 Å². The molecule has 0 bridgehead atoms. The maximum Gasteiger partial charge on any atom is 0.335 e. The average Bonchev–Trinajstić information content (AvgIpc) is 2.77. The molecule has 0 spiro atoms. The molecule has 7 nitrogen and oxygen atoms in total. The van der Waals surface area contributed by atoms with Crippen molar-refractivity contribution in [2.45, 2.75) is 6.61 Å². The fourth-order valence-corrected chi connectivity index (χ4v) is 3.57. The van der Waals surface area contributed by atoms with Crippen LogP contribution >= 0.6 is 22.6 Å². The Kier molecular flexibility index (Phi) is 7.43. The zero-order valence-electron chi connectivity index (χ0n) is 16.0. The van der Waals surface area contributed by atoms with E-state index in [4.69, 9.17) is 14.6 Å². The average molecular weight is 518 g/mol. The number of nitriles is 1. The minimum Gasteiger partial charge on any atom is -0.488 e. The third kappa shape index (κ3) is 5.58. The van der Waals surface area contributed by atoms with Crippen LogP contribution in [0.5, 0.6) is 5.75 Å². The lowest BCUT2D eigenvalue weighted by Crippen LogP contribution is -2.41. The second-order valence-electron chi connectivity index (χ2n) is 6.55. The fourth-order valence-electron chi connectivity index (χ4n) is 2.87. The van der Waals surface area contributed by atoms with Crippen molar-refractivity contribution in [2.24, 2.45) is 0 Å². The lowest BCUT2D eigenvalue weighted by molar-refractivity contribution is -0.130. The fraction of sp³-hybridized carbons (Fsp3) is 0.227. The quantitative estimate of drug-likeness (QED) is 0.358. The molecule has 8 heteroatoms. The molecule has 0 unspecified atom stereocenters. The number of rotatable bonds is 6. The molecule has 1 amide bonds. The Morgan fingerprint density at radius 2 is 1.90 bits per heavy atom. The normalized spacial score (nSPS) is 14.1. The Balaban J connectivity index is 1.67. The van der Waals surface area contributed by atoms with Gasteiger partial charge in [-0.2, -0.15) is 5.26 Å². The molecule has 0 atom stereocenters. The number of carboxylic acid groups (broad SMARTS) is 1. The third-order valence-corrected chi connectivity index (χ3v) is 5.35. The maximum absolute atomic E-state index is 12.5. The molecular formula is C22H19IN2O5. The number of carbonyl (C=O) groups is 2. The van der Waals surface area contributed by atoms with E-state index in [-0.39, 0.29) is 17.0 Å². The van der Waals surface area contributed by atoms with Crippen molar-refractivity contribution in [1.29, 1.82) is 5.26 Å². The summed E-state index contributed by atoms with van der Waals surface area (Å²) in [5.41, 5.74) is 1.89. The van der Waals surface area contributed by atoms with Crippen LogP contribution < -0.4 is 4.74 Å². The highest BCUT2D eigenvalue weighted by Gasteiger charge is 2.20. The molecule has 0 radical (unpaired) electrons. The van der Waals surface area contributed by atoms with Gasteiger partial charge in [-0.25, -0.2) is 4.79 Å². The second-order valence-corrected chi connectivity index (χ2v) is 7.72. The first kappa shape index (κ1) is 21.8. The summed E-state index contributed by atoms with van der Waals surface area (Å²) in [5.74, 6) is -0.599. The van der Waals surface area contributed by atoms with E-state index in [1.165, 1.54) is 12.1 Å². The molecule has 1 N–H and O–H groups in total. The lowest BCUT2D eigenvalue weighted by Gasteiger charge is -2.26. The molecular weight excluding hydrogens is 499 g/mol. The van der Waals surface area contributed by atoms with E-state index in [1.54, 1.807) is 35.2 Å². The van der Waals surface area contributed by atoms with Crippen molar-refractivity contribution >= 4 is 40.5 Å². The lowest BCUT2D eigenvalue weighted by atomic mass is 10.1. The van der Waals surface area contributed by atoms with Crippen molar-refractivity contribution in [3.8, 4) is 11.8 Å². The Labute approximate surface area is 187 Å². The van der Waals surface area contributed by atoms with Gasteiger partial charge >= 0.3 is 5.97 Å². The van der Waals surface area contributed by atoms with Gasteiger partial charge in [0.25, 0.3) is 5.91 Å². The number of carbonyl (C=O) groups excluding carboxylic acids is 1. The monoisotopic (exact) mass is 518 g/mol. The van der Waals surface area contributed by atoms with E-state index in [9.17, 15) is 14.9 Å². The van der Waals surface area contributed by atoms with E-state index in [2.05, 4.69) is 22.6 Å². The molecule has 2 aromatic rings. The molecule has 1 aliphatic heterocycles. The summed E-state index contributed by atoms with van der Waals surface area (Å²) in [7, 11) is 0. The minimum atomic E-state index is -0.968. The van der Waals surface area contributed by atoms with Crippen LogP contribution in [0.25, 0.3) is 6.08 Å². The molecule has 30 heavy (non-hydrogen) atoms. The van der Waals surface area contributed by atoms with Gasteiger partial charge in [-0.1, -0.05) is 18.2 Å². The number of benzene rings is 2. The Morgan fingerprint density at radius 1 is 1.20 bits per heavy atom. The van der Waals surface area contributed by atoms with Gasteiger partial charge in [-0.3, -0.25) is 4.79 Å². The van der Waals surface area contributed by atoms with Gasteiger partial charge in [0, 0.05) is 13.1 Å². The van der Waals surface area contributed by atoms with Crippen LogP contribution in [-0.2, 0) is 16.1 Å². The second kappa shape index (κ2) is 10.2. The SMILES string of the molecule is N#C/C(=C/c1ccc(OCc2ccc(C(=O)O)cc2)c(I)c1)C(=O)N1CCOCC1. The van der Waals surface area contributed by atoms with E-state index in [1.807, 2.05) is 12.1 Å². The number of halogens is 1. The summed E-state index contributed by atoms with van der Waals surface area (Å²) >= 11 is 2.14. The molecule has 154 valence electrons. The zero-order chi connectivity index (χ0) is 21.5. The highest BCUT2D eigenvalue weighted by Crippen LogP contribution is 2.24. The molecule has 0 aromatic heterocycles. The van der Waals surface area contributed by atoms with Crippen LogP contribution in [0.15, 0.2) is 48.0 Å². The Morgan fingerprint density at radius 3 is 2.50 bits per heavy atom. The van der Waals surface area contributed by atoms with Crippen LogP contribution in [0.4, 0.5) is 0 Å². The largest absolute Gasteiger partial charge is 0.488 e. The van der Waals surface area contributed by atoms with Crippen molar-refractivity contribution in [3.05, 3.63) is 68.3 Å². The predicted molar refractivity (Wildman–Crippen MR) is 118 cm³/mol. The van der Waals surface area contributed by atoms with Gasteiger partial charge in [0.05, 0.1) is 22.3 Å². The number of hydrogen-bond acceptors (Lipinski definition) is 5. The van der Waals surface area contributed by atoms with Crippen molar-refractivity contribution in [1.82, 2.24) is 4.90 Å². The number of aromatic carboxylic acids is 1. The Bertz CT molecular complexity index is 1010. The molecule has 1 aliphatic rings. The number of nitrogens with zero attached hydrogens (tertiary/aromatic N) is 2. The number of hydrogen-bond donors (Lipinski definition) is 1. The number of ether oxygens (including phenoxy) is 2. The van der Waals surface area contributed by atoms with Gasteiger partial charge in [0.2, 0.25) is 0 Å². The highest BCUT2D eigenvalue weighted by molar-refractivity contribution is 14.1.